The van der Waals surface area contributed by atoms with Crippen molar-refractivity contribution in [2.75, 3.05) is 19.6 Å². The van der Waals surface area contributed by atoms with Crippen LogP contribution in [-0.2, 0) is 20.9 Å². The maximum absolute atomic E-state index is 12.6. The molecule has 1 heterocycles. The number of carboxylic acid groups (broad SMARTS) is 1. The second-order valence-electron chi connectivity index (χ2n) is 7.62. The maximum Gasteiger partial charge on any atom is 0.306 e. The number of nitrogens with zero attached hydrogens (tertiary/aromatic N) is 2. The van der Waals surface area contributed by atoms with E-state index >= 15 is 0 Å². The molecule has 6 nitrogen and oxygen atoms in total. The van der Waals surface area contributed by atoms with Crippen LogP contribution in [0.4, 0.5) is 0 Å². The van der Waals surface area contributed by atoms with E-state index in [0.29, 0.717) is 38.9 Å². The molecule has 0 radical (unpaired) electrons. The fourth-order valence-electron chi connectivity index (χ4n) is 4.13. The zero-order valence-electron chi connectivity index (χ0n) is 15.4. The van der Waals surface area contributed by atoms with Gasteiger partial charge in [0, 0.05) is 25.6 Å². The number of hydrogen-bond acceptors (Lipinski definition) is 3. The average Bonchev–Trinajstić information content (AvgIpc) is 3.05. The molecule has 1 aromatic rings. The van der Waals surface area contributed by atoms with Gasteiger partial charge in [-0.15, -0.1) is 0 Å². The van der Waals surface area contributed by atoms with Gasteiger partial charge in [-0.2, -0.15) is 0 Å². The van der Waals surface area contributed by atoms with Gasteiger partial charge in [-0.25, -0.2) is 0 Å². The molecule has 1 aliphatic heterocycles. The van der Waals surface area contributed by atoms with Gasteiger partial charge in [0.2, 0.25) is 11.8 Å². The van der Waals surface area contributed by atoms with E-state index in [-0.39, 0.29) is 24.3 Å². The Labute approximate surface area is 153 Å². The molecule has 2 aliphatic rings. The monoisotopic (exact) mass is 358 g/mol. The highest BCUT2D eigenvalue weighted by molar-refractivity contribution is 5.87. The van der Waals surface area contributed by atoms with E-state index in [1.165, 1.54) is 11.1 Å². The summed E-state index contributed by atoms with van der Waals surface area (Å²) in [4.78, 5) is 39.6. The molecule has 1 saturated heterocycles. The predicted octanol–water partition coefficient (Wildman–Crippen LogP) is 1.98. The highest BCUT2D eigenvalue weighted by atomic mass is 16.4. The molecule has 0 unspecified atom stereocenters. The van der Waals surface area contributed by atoms with Crippen LogP contribution in [0.1, 0.15) is 36.0 Å². The van der Waals surface area contributed by atoms with E-state index < -0.39 is 11.9 Å². The lowest BCUT2D eigenvalue weighted by Gasteiger charge is -2.35. The van der Waals surface area contributed by atoms with E-state index in [2.05, 4.69) is 18.2 Å². The summed E-state index contributed by atoms with van der Waals surface area (Å²) in [6.45, 7) is 5.78. The summed E-state index contributed by atoms with van der Waals surface area (Å²) in [5, 5.41) is 9.09. The largest absolute Gasteiger partial charge is 0.481 e. The number of hydrogen-bond donors (Lipinski definition) is 1. The maximum atomic E-state index is 12.6. The number of carboxylic acids is 1. The number of aryl methyl sites for hydroxylation is 2. The van der Waals surface area contributed by atoms with E-state index in [1.807, 2.05) is 13.8 Å². The first-order valence-corrected chi connectivity index (χ1v) is 9.20. The van der Waals surface area contributed by atoms with Gasteiger partial charge < -0.3 is 14.9 Å². The number of aliphatic carboxylic acids is 1. The molecule has 26 heavy (non-hydrogen) atoms. The van der Waals surface area contributed by atoms with Crippen LogP contribution in [0.3, 0.4) is 0 Å². The summed E-state index contributed by atoms with van der Waals surface area (Å²) in [5.41, 5.74) is 3.46. The molecular formula is C20H26N2O4. The van der Waals surface area contributed by atoms with Crippen LogP contribution in [0.2, 0.25) is 0 Å². The summed E-state index contributed by atoms with van der Waals surface area (Å²) >= 11 is 0. The van der Waals surface area contributed by atoms with Gasteiger partial charge in [0.25, 0.3) is 0 Å². The van der Waals surface area contributed by atoms with Crippen molar-refractivity contribution in [3.05, 3.63) is 34.9 Å². The van der Waals surface area contributed by atoms with Gasteiger partial charge in [-0.1, -0.05) is 29.3 Å². The quantitative estimate of drug-likeness (QED) is 0.893. The number of benzene rings is 1. The highest BCUT2D eigenvalue weighted by Gasteiger charge is 2.37. The molecule has 1 saturated carbocycles. The van der Waals surface area contributed by atoms with Crippen molar-refractivity contribution in [1.82, 2.24) is 9.80 Å². The number of amides is 2. The topological polar surface area (TPSA) is 77.9 Å². The Bertz CT molecular complexity index is 710. The van der Waals surface area contributed by atoms with Crippen LogP contribution in [-0.4, -0.2) is 52.3 Å². The van der Waals surface area contributed by atoms with Crippen molar-refractivity contribution in [1.29, 1.82) is 0 Å². The third kappa shape index (κ3) is 4.06. The van der Waals surface area contributed by atoms with Crippen LogP contribution < -0.4 is 0 Å². The minimum absolute atomic E-state index is 0.0449. The molecule has 1 aliphatic carbocycles. The van der Waals surface area contributed by atoms with E-state index in [9.17, 15) is 14.4 Å². The molecule has 0 aromatic heterocycles. The van der Waals surface area contributed by atoms with Crippen LogP contribution in [0.15, 0.2) is 18.2 Å². The molecule has 2 atom stereocenters. The molecule has 3 rings (SSSR count). The van der Waals surface area contributed by atoms with Crippen molar-refractivity contribution in [3.63, 3.8) is 0 Å². The summed E-state index contributed by atoms with van der Waals surface area (Å²) in [6, 6.07) is 6.28. The van der Waals surface area contributed by atoms with E-state index in [1.54, 1.807) is 9.80 Å². The second-order valence-corrected chi connectivity index (χ2v) is 7.62. The molecule has 1 aromatic carbocycles. The second kappa shape index (κ2) is 7.48. The SMILES string of the molecule is Cc1cc(C)cc(CN2CCN(C(=O)[C@H]3CC[C@@H](C(=O)O)C3)CC2=O)c1. The normalized spacial score (nSPS) is 23.4. The summed E-state index contributed by atoms with van der Waals surface area (Å²) in [5.74, 6) is -1.61. The standard InChI is InChI=1S/C20H26N2O4/c1-13-7-14(2)9-15(8-13)11-21-5-6-22(12-18(21)23)19(24)16-3-4-17(10-16)20(25)26/h7-9,16-17H,3-6,10-12H2,1-2H3,(H,25,26)/t16-,17+/m0/s1. The van der Waals surface area contributed by atoms with Crippen molar-refractivity contribution >= 4 is 17.8 Å². The Morgan fingerprint density at radius 1 is 1.08 bits per heavy atom. The van der Waals surface area contributed by atoms with Crippen molar-refractivity contribution in [3.8, 4) is 0 Å². The third-order valence-electron chi connectivity index (χ3n) is 5.42. The predicted molar refractivity (Wildman–Crippen MR) is 96.4 cm³/mol. The zero-order chi connectivity index (χ0) is 18.8. The van der Waals surface area contributed by atoms with Gasteiger partial charge in [0.1, 0.15) is 0 Å². The van der Waals surface area contributed by atoms with Crippen LogP contribution >= 0.6 is 0 Å². The van der Waals surface area contributed by atoms with Crippen molar-refractivity contribution < 1.29 is 19.5 Å². The van der Waals surface area contributed by atoms with Gasteiger partial charge in [0.05, 0.1) is 12.5 Å². The molecule has 1 N–H and O–H groups in total. The lowest BCUT2D eigenvalue weighted by Crippen LogP contribution is -2.53. The lowest BCUT2D eigenvalue weighted by molar-refractivity contribution is -0.148. The molecule has 2 amide bonds. The van der Waals surface area contributed by atoms with E-state index in [0.717, 1.165) is 5.56 Å². The van der Waals surface area contributed by atoms with Crippen LogP contribution in [0.25, 0.3) is 0 Å². The lowest BCUT2D eigenvalue weighted by atomic mass is 10.0. The fraction of sp³-hybridized carbons (Fsp3) is 0.550. The Hall–Kier alpha value is -2.37. The van der Waals surface area contributed by atoms with Gasteiger partial charge in [-0.05, 0) is 38.7 Å². The number of piperazine rings is 1. The average molecular weight is 358 g/mol. The number of carbonyl (C=O) groups is 3. The summed E-state index contributed by atoms with van der Waals surface area (Å²) < 4.78 is 0. The number of carbonyl (C=O) groups excluding carboxylic acids is 2. The fourth-order valence-corrected chi connectivity index (χ4v) is 4.13. The first kappa shape index (κ1) is 18.4. The molecule has 140 valence electrons. The Kier molecular flexibility index (Phi) is 5.30. The molecular weight excluding hydrogens is 332 g/mol. The summed E-state index contributed by atoms with van der Waals surface area (Å²) in [6.07, 6.45) is 1.55. The van der Waals surface area contributed by atoms with Gasteiger partial charge in [-0.3, -0.25) is 14.4 Å². The molecule has 0 bridgehead atoms. The smallest absolute Gasteiger partial charge is 0.306 e. The van der Waals surface area contributed by atoms with E-state index in [4.69, 9.17) is 5.11 Å². The van der Waals surface area contributed by atoms with Gasteiger partial charge >= 0.3 is 5.97 Å². The summed E-state index contributed by atoms with van der Waals surface area (Å²) in [7, 11) is 0. The zero-order valence-corrected chi connectivity index (χ0v) is 15.4. The Balaban J connectivity index is 1.57. The third-order valence-corrected chi connectivity index (χ3v) is 5.42. The number of rotatable bonds is 4. The Morgan fingerprint density at radius 3 is 2.31 bits per heavy atom. The highest BCUT2D eigenvalue weighted by Crippen LogP contribution is 2.32. The first-order valence-electron chi connectivity index (χ1n) is 9.20. The van der Waals surface area contributed by atoms with Crippen LogP contribution in [0, 0.1) is 25.7 Å². The molecule has 2 fully saturated rings. The van der Waals surface area contributed by atoms with Crippen molar-refractivity contribution in [2.45, 2.75) is 39.7 Å². The molecule has 0 spiro atoms. The van der Waals surface area contributed by atoms with Crippen LogP contribution in [0.5, 0.6) is 0 Å². The molecule has 6 heteroatoms. The first-order chi connectivity index (χ1) is 12.3. The van der Waals surface area contributed by atoms with Crippen molar-refractivity contribution in [2.24, 2.45) is 11.8 Å². The Morgan fingerprint density at radius 2 is 1.73 bits per heavy atom. The minimum Gasteiger partial charge on any atom is -0.481 e. The van der Waals surface area contributed by atoms with Gasteiger partial charge in [0.15, 0.2) is 0 Å². The minimum atomic E-state index is -0.824.